The lowest BCUT2D eigenvalue weighted by Crippen LogP contribution is -2.71. The van der Waals surface area contributed by atoms with Crippen LogP contribution in [0.25, 0.3) is 0 Å². The Morgan fingerprint density at radius 2 is 0.913 bits per heavy atom. The van der Waals surface area contributed by atoms with E-state index in [1.165, 1.54) is 0 Å². The third-order valence-electron chi connectivity index (χ3n) is 2.46. The van der Waals surface area contributed by atoms with Crippen LogP contribution in [0.1, 0.15) is 0 Å². The molecular formula is C8H3F13O2. The van der Waals surface area contributed by atoms with E-state index >= 15 is 0 Å². The van der Waals surface area contributed by atoms with Crippen LogP contribution in [-0.4, -0.2) is 53.3 Å². The van der Waals surface area contributed by atoms with Crippen LogP contribution in [0.3, 0.4) is 0 Å². The van der Waals surface area contributed by atoms with Crippen LogP contribution in [0, 0.1) is 0 Å². The summed E-state index contributed by atoms with van der Waals surface area (Å²) in [6, 6.07) is 0. The number of hydrogen-bond acceptors (Lipinski definition) is 2. The van der Waals surface area contributed by atoms with E-state index in [0.717, 1.165) is 0 Å². The number of halogens is 13. The Balaban J connectivity index is 6.30. The predicted molar refractivity (Wildman–Crippen MR) is 42.9 cm³/mol. The third kappa shape index (κ3) is 2.71. The second-order valence-corrected chi connectivity index (χ2v) is 4.00. The minimum Gasteiger partial charge on any atom is -0.379 e. The lowest BCUT2D eigenvalue weighted by Gasteiger charge is -2.40. The zero-order chi connectivity index (χ0) is 19.3. The summed E-state index contributed by atoms with van der Waals surface area (Å²) in [6.07, 6.45) is -13.4. The Hall–Kier alpha value is -1.28. The molecule has 2 nitrogen and oxygen atoms in total. The van der Waals surface area contributed by atoms with E-state index < -0.39 is 48.2 Å². The molecule has 0 spiro atoms. The third-order valence-corrected chi connectivity index (χ3v) is 2.46. The van der Waals surface area contributed by atoms with Gasteiger partial charge in [0.05, 0.1) is 0 Å². The molecule has 0 heterocycles. The maximum Gasteiger partial charge on any atom is 0.460 e. The average Bonchev–Trinajstić information content (AvgIpc) is 2.35. The van der Waals surface area contributed by atoms with Crippen molar-refractivity contribution in [1.82, 2.24) is 0 Å². The second kappa shape index (κ2) is 5.37. The minimum atomic E-state index is -8.05. The minimum absolute atomic E-state index is 1.54. The molecule has 0 bridgehead atoms. The van der Waals surface area contributed by atoms with Crippen LogP contribution in [0.5, 0.6) is 0 Å². The van der Waals surface area contributed by atoms with Gasteiger partial charge in [-0.15, -0.1) is 0 Å². The number of aliphatic hydroxyl groups excluding tert-OH is 1. The molecule has 0 aromatic carbocycles. The molecule has 0 aliphatic rings. The van der Waals surface area contributed by atoms with Gasteiger partial charge in [-0.25, -0.2) is 0 Å². The van der Waals surface area contributed by atoms with Gasteiger partial charge in [0.2, 0.25) is 0 Å². The van der Waals surface area contributed by atoms with Gasteiger partial charge in [-0.05, 0) is 0 Å². The van der Waals surface area contributed by atoms with Gasteiger partial charge >= 0.3 is 35.8 Å². The summed E-state index contributed by atoms with van der Waals surface area (Å²) >= 11 is 0. The maximum atomic E-state index is 12.8. The Morgan fingerprint density at radius 3 is 1.17 bits per heavy atom. The highest BCUT2D eigenvalue weighted by Crippen LogP contribution is 2.60. The molecule has 1 unspecified atom stereocenters. The van der Waals surface area contributed by atoms with E-state index in [1.54, 1.807) is 0 Å². The molecular weight excluding hydrogens is 375 g/mol. The average molecular weight is 378 g/mol. The van der Waals surface area contributed by atoms with E-state index in [1.807, 2.05) is 0 Å². The van der Waals surface area contributed by atoms with Gasteiger partial charge in [-0.1, -0.05) is 0 Å². The number of carbonyl (C=O) groups excluding carboxylic acids is 1. The molecule has 0 radical (unpaired) electrons. The van der Waals surface area contributed by atoms with E-state index in [0.29, 0.717) is 0 Å². The molecule has 1 N–H and O–H groups in total. The van der Waals surface area contributed by atoms with Gasteiger partial charge in [-0.3, -0.25) is 0 Å². The lowest BCUT2D eigenvalue weighted by molar-refractivity contribution is -0.442. The number of aliphatic hydroxyl groups is 1. The standard InChI is InChI=1S/C8H3F13O2/c9-3(10,2(23)1-22)4(11,12)5(13,14)6(15,16)7(17,18)8(19,20)21/h1-2,23H. The van der Waals surface area contributed by atoms with Gasteiger partial charge in [0.15, 0.2) is 12.4 Å². The van der Waals surface area contributed by atoms with Crippen molar-refractivity contribution in [2.45, 2.75) is 41.9 Å². The summed E-state index contributed by atoms with van der Waals surface area (Å²) in [7, 11) is 0. The van der Waals surface area contributed by atoms with E-state index in [4.69, 9.17) is 5.11 Å². The quantitative estimate of drug-likeness (QED) is 0.569. The molecule has 138 valence electrons. The summed E-state index contributed by atoms with van der Waals surface area (Å²) < 4.78 is 162. The first kappa shape index (κ1) is 21.7. The molecule has 0 fully saturated rings. The molecule has 0 saturated heterocycles. The first-order valence-electron chi connectivity index (χ1n) is 4.82. The summed E-state index contributed by atoms with van der Waals surface area (Å²) in [5.41, 5.74) is 0. The Morgan fingerprint density at radius 1 is 0.609 bits per heavy atom. The van der Waals surface area contributed by atoms with Crippen LogP contribution in [-0.2, 0) is 4.79 Å². The molecule has 0 aliphatic carbocycles. The van der Waals surface area contributed by atoms with Crippen molar-refractivity contribution < 1.29 is 67.0 Å². The van der Waals surface area contributed by atoms with Gasteiger partial charge in [0.1, 0.15) is 0 Å². The smallest absolute Gasteiger partial charge is 0.379 e. The van der Waals surface area contributed by atoms with E-state index in [9.17, 15) is 61.9 Å². The number of alkyl halides is 13. The summed E-state index contributed by atoms with van der Waals surface area (Å²) in [5, 5.41) is 8.13. The predicted octanol–water partition coefficient (Wildman–Crippen LogP) is 3.28. The van der Waals surface area contributed by atoms with Crippen molar-refractivity contribution in [2.75, 3.05) is 0 Å². The number of hydrogen-bond donors (Lipinski definition) is 1. The fourth-order valence-electron chi connectivity index (χ4n) is 1.05. The van der Waals surface area contributed by atoms with Gasteiger partial charge in [0, 0.05) is 0 Å². The van der Waals surface area contributed by atoms with Crippen molar-refractivity contribution in [1.29, 1.82) is 0 Å². The fraction of sp³-hybridized carbons (Fsp3) is 0.875. The molecule has 0 aliphatic heterocycles. The molecule has 0 saturated carbocycles. The zero-order valence-corrected chi connectivity index (χ0v) is 9.92. The SMILES string of the molecule is O=CC(O)C(F)(F)C(F)(F)C(F)(F)C(F)(F)C(F)(F)C(F)(F)F. The number of aldehydes is 1. The Kier molecular flexibility index (Phi) is 5.08. The van der Waals surface area contributed by atoms with E-state index in [2.05, 4.69) is 0 Å². The van der Waals surface area contributed by atoms with Crippen LogP contribution in [0.4, 0.5) is 57.1 Å². The number of rotatable bonds is 6. The Labute approximate surface area is 116 Å². The first-order chi connectivity index (χ1) is 9.73. The zero-order valence-electron chi connectivity index (χ0n) is 9.92. The maximum absolute atomic E-state index is 12.8. The monoisotopic (exact) mass is 378 g/mol. The molecule has 0 aromatic rings. The topological polar surface area (TPSA) is 37.3 Å². The highest BCUT2D eigenvalue weighted by molar-refractivity contribution is 5.58. The summed E-state index contributed by atoms with van der Waals surface area (Å²) in [6.45, 7) is 0. The van der Waals surface area contributed by atoms with Crippen molar-refractivity contribution in [3.63, 3.8) is 0 Å². The van der Waals surface area contributed by atoms with Gasteiger partial charge in [0.25, 0.3) is 0 Å². The van der Waals surface area contributed by atoms with Crippen molar-refractivity contribution in [3.8, 4) is 0 Å². The highest BCUT2D eigenvalue weighted by Gasteiger charge is 2.91. The van der Waals surface area contributed by atoms with Crippen molar-refractivity contribution in [2.24, 2.45) is 0 Å². The molecule has 0 rings (SSSR count). The van der Waals surface area contributed by atoms with Crippen LogP contribution >= 0.6 is 0 Å². The fourth-order valence-corrected chi connectivity index (χ4v) is 1.05. The molecule has 1 atom stereocenters. The first-order valence-corrected chi connectivity index (χ1v) is 4.82. The van der Waals surface area contributed by atoms with Crippen LogP contribution in [0.15, 0.2) is 0 Å². The molecule has 0 aromatic heterocycles. The molecule has 0 amide bonds. The highest BCUT2D eigenvalue weighted by atomic mass is 19.4. The normalized spacial score (nSPS) is 17.1. The lowest BCUT2D eigenvalue weighted by atomic mass is 9.92. The summed E-state index contributed by atoms with van der Waals surface area (Å²) in [4.78, 5) is 9.71. The largest absolute Gasteiger partial charge is 0.460 e. The van der Waals surface area contributed by atoms with Crippen LogP contribution in [0.2, 0.25) is 0 Å². The van der Waals surface area contributed by atoms with Gasteiger partial charge in [-0.2, -0.15) is 57.1 Å². The number of carbonyl (C=O) groups is 1. The van der Waals surface area contributed by atoms with Crippen LogP contribution < -0.4 is 0 Å². The Bertz CT molecular complexity index is 451. The molecule has 15 heteroatoms. The molecule has 23 heavy (non-hydrogen) atoms. The van der Waals surface area contributed by atoms with E-state index in [-0.39, 0.29) is 0 Å². The second-order valence-electron chi connectivity index (χ2n) is 4.00. The van der Waals surface area contributed by atoms with Crippen molar-refractivity contribution in [3.05, 3.63) is 0 Å². The van der Waals surface area contributed by atoms with Gasteiger partial charge < -0.3 is 9.90 Å². The van der Waals surface area contributed by atoms with Crippen molar-refractivity contribution >= 4 is 6.29 Å². The summed E-state index contributed by atoms with van der Waals surface area (Å²) in [5.74, 6) is -38.3.